The van der Waals surface area contributed by atoms with Gasteiger partial charge in [0, 0.05) is 0 Å². The molecule has 0 spiro atoms. The fourth-order valence-electron chi connectivity index (χ4n) is 1.39. The zero-order valence-corrected chi connectivity index (χ0v) is 8.94. The molecule has 2 rings (SSSR count). The van der Waals surface area contributed by atoms with Crippen molar-refractivity contribution in [1.82, 2.24) is 15.0 Å². The van der Waals surface area contributed by atoms with Crippen LogP contribution in [0.4, 0.5) is 0 Å². The van der Waals surface area contributed by atoms with Gasteiger partial charge in [-0.25, -0.2) is 4.68 Å². The molecule has 1 aromatic carbocycles. The van der Waals surface area contributed by atoms with Gasteiger partial charge in [-0.3, -0.25) is 0 Å². The first-order chi connectivity index (χ1) is 7.22. The molecule has 0 bridgehead atoms. The minimum Gasteiger partial charge on any atom is -0.390 e. The topological polar surface area (TPSA) is 50.9 Å². The van der Waals surface area contributed by atoms with Crippen LogP contribution >= 0.6 is 11.6 Å². The molecule has 1 N–H and O–H groups in total. The second kappa shape index (κ2) is 4.00. The smallest absolute Gasteiger partial charge is 0.109 e. The van der Waals surface area contributed by atoms with Crippen molar-refractivity contribution in [2.75, 3.05) is 0 Å². The number of para-hydroxylation sites is 1. The summed E-state index contributed by atoms with van der Waals surface area (Å²) in [6.45, 7) is 1.82. The molecule has 78 valence electrons. The van der Waals surface area contributed by atoms with Crippen molar-refractivity contribution >= 4 is 11.6 Å². The number of halogens is 1. The van der Waals surface area contributed by atoms with E-state index in [2.05, 4.69) is 10.3 Å². The van der Waals surface area contributed by atoms with Crippen molar-refractivity contribution in [2.45, 2.75) is 13.5 Å². The summed E-state index contributed by atoms with van der Waals surface area (Å²) in [7, 11) is 0. The molecule has 15 heavy (non-hydrogen) atoms. The molecule has 0 atom stereocenters. The van der Waals surface area contributed by atoms with Crippen molar-refractivity contribution in [2.24, 2.45) is 0 Å². The fraction of sp³-hybridized carbons (Fsp3) is 0.200. The van der Waals surface area contributed by atoms with Crippen LogP contribution in [0.25, 0.3) is 5.69 Å². The molecule has 0 aliphatic heterocycles. The van der Waals surface area contributed by atoms with Gasteiger partial charge in [-0.2, -0.15) is 0 Å². The largest absolute Gasteiger partial charge is 0.390 e. The molecule has 0 saturated carbocycles. The number of nitrogens with zero attached hydrogens (tertiary/aromatic N) is 3. The van der Waals surface area contributed by atoms with Gasteiger partial charge in [0.05, 0.1) is 23.5 Å². The molecule has 1 heterocycles. The second-order valence-electron chi connectivity index (χ2n) is 3.22. The standard InChI is InChI=1S/C10H10ClN3O/c1-7-3-2-4-9(11)10(7)14-5-8(6-15)12-13-14/h2-5,15H,6H2,1H3. The molecule has 0 fully saturated rings. The third-order valence-electron chi connectivity index (χ3n) is 2.12. The Bertz CT molecular complexity index is 461. The summed E-state index contributed by atoms with van der Waals surface area (Å²) in [6.07, 6.45) is 1.66. The van der Waals surface area contributed by atoms with Crippen molar-refractivity contribution in [3.05, 3.63) is 40.7 Å². The van der Waals surface area contributed by atoms with Crippen LogP contribution in [0.1, 0.15) is 11.3 Å². The maximum atomic E-state index is 8.89. The number of hydrogen-bond acceptors (Lipinski definition) is 3. The van der Waals surface area contributed by atoms with Crippen LogP contribution in [0.15, 0.2) is 24.4 Å². The molecule has 4 nitrogen and oxygen atoms in total. The average molecular weight is 224 g/mol. The zero-order valence-electron chi connectivity index (χ0n) is 8.18. The van der Waals surface area contributed by atoms with E-state index >= 15 is 0 Å². The van der Waals surface area contributed by atoms with Gasteiger partial charge in [-0.15, -0.1) is 5.10 Å². The second-order valence-corrected chi connectivity index (χ2v) is 3.63. The summed E-state index contributed by atoms with van der Waals surface area (Å²) in [4.78, 5) is 0. The number of aliphatic hydroxyl groups is 1. The van der Waals surface area contributed by atoms with E-state index in [-0.39, 0.29) is 6.61 Å². The van der Waals surface area contributed by atoms with Gasteiger partial charge in [0.25, 0.3) is 0 Å². The molecule has 5 heteroatoms. The predicted molar refractivity (Wildman–Crippen MR) is 57.0 cm³/mol. The number of rotatable bonds is 2. The van der Waals surface area contributed by atoms with Crippen molar-refractivity contribution in [3.8, 4) is 5.69 Å². The minimum absolute atomic E-state index is 0.122. The third kappa shape index (κ3) is 1.86. The van der Waals surface area contributed by atoms with E-state index in [0.29, 0.717) is 10.7 Å². The molecule has 2 aromatic rings. The van der Waals surface area contributed by atoms with Gasteiger partial charge in [0.15, 0.2) is 0 Å². The van der Waals surface area contributed by atoms with Crippen LogP contribution in [0.3, 0.4) is 0 Å². The van der Waals surface area contributed by atoms with Crippen LogP contribution in [-0.2, 0) is 6.61 Å². The summed E-state index contributed by atoms with van der Waals surface area (Å²) in [5, 5.41) is 17.2. The Kier molecular flexibility index (Phi) is 2.70. The number of aliphatic hydroxyl groups excluding tert-OH is 1. The normalized spacial score (nSPS) is 10.6. The monoisotopic (exact) mass is 223 g/mol. The Balaban J connectivity index is 2.53. The van der Waals surface area contributed by atoms with E-state index in [9.17, 15) is 0 Å². The van der Waals surface area contributed by atoms with Gasteiger partial charge in [0.1, 0.15) is 5.69 Å². The molecular formula is C10H10ClN3O. The Morgan fingerprint density at radius 2 is 2.27 bits per heavy atom. The highest BCUT2D eigenvalue weighted by Gasteiger charge is 2.08. The average Bonchev–Trinajstić information content (AvgIpc) is 2.66. The SMILES string of the molecule is Cc1cccc(Cl)c1-n1cc(CO)nn1. The highest BCUT2D eigenvalue weighted by Crippen LogP contribution is 2.22. The first-order valence-corrected chi connectivity index (χ1v) is 4.87. The first-order valence-electron chi connectivity index (χ1n) is 4.50. The Hall–Kier alpha value is -1.39. The van der Waals surface area contributed by atoms with Crippen LogP contribution in [-0.4, -0.2) is 20.1 Å². The van der Waals surface area contributed by atoms with Gasteiger partial charge < -0.3 is 5.11 Å². The van der Waals surface area contributed by atoms with Gasteiger partial charge in [-0.1, -0.05) is 28.9 Å². The summed E-state index contributed by atoms with van der Waals surface area (Å²) >= 11 is 6.07. The van der Waals surface area contributed by atoms with Gasteiger partial charge in [-0.05, 0) is 18.6 Å². The summed E-state index contributed by atoms with van der Waals surface area (Å²) in [5.74, 6) is 0. The number of aromatic nitrogens is 3. The van der Waals surface area contributed by atoms with Crippen LogP contribution in [0.5, 0.6) is 0 Å². The third-order valence-corrected chi connectivity index (χ3v) is 2.43. The van der Waals surface area contributed by atoms with Crippen molar-refractivity contribution < 1.29 is 5.11 Å². The molecule has 1 aromatic heterocycles. The zero-order chi connectivity index (χ0) is 10.8. The lowest BCUT2D eigenvalue weighted by atomic mass is 10.2. The van der Waals surface area contributed by atoms with Crippen molar-refractivity contribution in [1.29, 1.82) is 0 Å². The Labute approximate surface area is 92.1 Å². The number of benzene rings is 1. The molecule has 0 aliphatic carbocycles. The van der Waals surface area contributed by atoms with Gasteiger partial charge >= 0.3 is 0 Å². The highest BCUT2D eigenvalue weighted by molar-refractivity contribution is 6.32. The van der Waals surface area contributed by atoms with Gasteiger partial charge in [0.2, 0.25) is 0 Å². The predicted octanol–water partition coefficient (Wildman–Crippen LogP) is 1.72. The molecule has 0 unspecified atom stereocenters. The van der Waals surface area contributed by atoms with Crippen LogP contribution in [0, 0.1) is 6.92 Å². The summed E-state index contributed by atoms with van der Waals surface area (Å²) in [5.41, 5.74) is 2.33. The lowest BCUT2D eigenvalue weighted by Crippen LogP contribution is -1.98. The first kappa shape index (κ1) is 10.1. The van der Waals surface area contributed by atoms with Crippen LogP contribution in [0.2, 0.25) is 5.02 Å². The Morgan fingerprint density at radius 1 is 1.47 bits per heavy atom. The lowest BCUT2D eigenvalue weighted by molar-refractivity contribution is 0.276. The fourth-order valence-corrected chi connectivity index (χ4v) is 1.70. The number of aryl methyl sites for hydroxylation is 1. The minimum atomic E-state index is -0.122. The van der Waals surface area contributed by atoms with E-state index in [1.165, 1.54) is 0 Å². The molecule has 0 amide bonds. The summed E-state index contributed by atoms with van der Waals surface area (Å²) in [6, 6.07) is 5.62. The van der Waals surface area contributed by atoms with E-state index in [0.717, 1.165) is 11.3 Å². The van der Waals surface area contributed by atoms with E-state index in [4.69, 9.17) is 16.7 Å². The quantitative estimate of drug-likeness (QED) is 0.844. The summed E-state index contributed by atoms with van der Waals surface area (Å²) < 4.78 is 1.57. The molecule has 0 saturated heterocycles. The maximum Gasteiger partial charge on any atom is 0.109 e. The van der Waals surface area contributed by atoms with E-state index in [1.54, 1.807) is 16.9 Å². The maximum absolute atomic E-state index is 8.89. The Morgan fingerprint density at radius 3 is 2.87 bits per heavy atom. The molecule has 0 radical (unpaired) electrons. The van der Waals surface area contributed by atoms with E-state index in [1.807, 2.05) is 19.1 Å². The highest BCUT2D eigenvalue weighted by atomic mass is 35.5. The van der Waals surface area contributed by atoms with Crippen LogP contribution < -0.4 is 0 Å². The number of hydrogen-bond donors (Lipinski definition) is 1. The molecular weight excluding hydrogens is 214 g/mol. The molecule has 0 aliphatic rings. The van der Waals surface area contributed by atoms with E-state index < -0.39 is 0 Å². The lowest BCUT2D eigenvalue weighted by Gasteiger charge is -2.06. The van der Waals surface area contributed by atoms with Crippen molar-refractivity contribution in [3.63, 3.8) is 0 Å².